The highest BCUT2D eigenvalue weighted by atomic mass is 16.2. The molecule has 1 amide bonds. The number of nitrogens with one attached hydrogen (secondary N) is 2. The molecule has 2 aromatic heterocycles. The van der Waals surface area contributed by atoms with E-state index in [1.165, 1.54) is 0 Å². The van der Waals surface area contributed by atoms with Crippen LogP contribution >= 0.6 is 0 Å². The summed E-state index contributed by atoms with van der Waals surface area (Å²) in [5.41, 5.74) is 1.38. The maximum Gasteiger partial charge on any atom is 0.270 e. The Morgan fingerprint density at radius 2 is 1.97 bits per heavy atom. The number of H-pyrrole nitrogens is 2. The van der Waals surface area contributed by atoms with E-state index in [-0.39, 0.29) is 23.8 Å². The van der Waals surface area contributed by atoms with Gasteiger partial charge in [0.1, 0.15) is 11.5 Å². The molecule has 0 saturated carbocycles. The number of likely N-dealkylation sites (tertiary alicyclic amines) is 1. The summed E-state index contributed by atoms with van der Waals surface area (Å²) in [6.07, 6.45) is 3.64. The van der Waals surface area contributed by atoms with Gasteiger partial charge in [-0.1, -0.05) is 19.1 Å². The van der Waals surface area contributed by atoms with E-state index in [1.807, 2.05) is 17.9 Å². The third kappa shape index (κ3) is 4.18. The predicted octanol–water partition coefficient (Wildman–Crippen LogP) is 2.19. The van der Waals surface area contributed by atoms with Crippen LogP contribution in [0.2, 0.25) is 0 Å². The Balaban J connectivity index is 1.44. The molecule has 1 aliphatic heterocycles. The highest BCUT2D eigenvalue weighted by Crippen LogP contribution is 2.14. The number of nitrogens with zero attached hydrogens (tertiary/aromatic N) is 3. The third-order valence-corrected chi connectivity index (χ3v) is 5.48. The number of para-hydroxylation sites is 1. The Labute approximate surface area is 173 Å². The van der Waals surface area contributed by atoms with Crippen molar-refractivity contribution in [2.75, 3.05) is 26.2 Å². The molecular weight excluding hydrogens is 382 g/mol. The van der Waals surface area contributed by atoms with E-state index < -0.39 is 0 Å². The van der Waals surface area contributed by atoms with Crippen LogP contribution in [0.1, 0.15) is 46.4 Å². The van der Waals surface area contributed by atoms with Crippen LogP contribution in [0.5, 0.6) is 0 Å². The Morgan fingerprint density at radius 3 is 2.73 bits per heavy atom. The van der Waals surface area contributed by atoms with Gasteiger partial charge in [-0.3, -0.25) is 19.3 Å². The lowest BCUT2D eigenvalue weighted by atomic mass is 10.2. The molecule has 2 N–H and O–H groups in total. The molecule has 8 nitrogen and oxygen atoms in total. The molecule has 3 heterocycles. The molecule has 0 bridgehead atoms. The van der Waals surface area contributed by atoms with E-state index in [0.717, 1.165) is 25.9 Å². The van der Waals surface area contributed by atoms with Crippen LogP contribution in [0.25, 0.3) is 10.9 Å². The van der Waals surface area contributed by atoms with Crippen LogP contribution in [-0.2, 0) is 6.54 Å². The predicted molar refractivity (Wildman–Crippen MR) is 114 cm³/mol. The smallest absolute Gasteiger partial charge is 0.270 e. The fourth-order valence-electron chi connectivity index (χ4n) is 3.76. The molecule has 0 atom stereocenters. The van der Waals surface area contributed by atoms with Gasteiger partial charge in [0.05, 0.1) is 24.0 Å². The van der Waals surface area contributed by atoms with Gasteiger partial charge >= 0.3 is 0 Å². The van der Waals surface area contributed by atoms with Crippen LogP contribution in [0.15, 0.2) is 41.3 Å². The minimum Gasteiger partial charge on any atom is -0.356 e. The average molecular weight is 407 g/mol. The number of carbonyl (C=O) groups is 2. The normalized spacial score (nSPS) is 14.0. The molecule has 0 unspecified atom stereocenters. The molecule has 4 rings (SSSR count). The molecule has 0 spiro atoms. The van der Waals surface area contributed by atoms with E-state index in [1.54, 1.807) is 35.4 Å². The number of hydrogen-bond donors (Lipinski definition) is 2. The van der Waals surface area contributed by atoms with Crippen molar-refractivity contribution in [3.05, 3.63) is 64.0 Å². The summed E-state index contributed by atoms with van der Waals surface area (Å²) in [4.78, 5) is 51.5. The number of hydrogen-bond acceptors (Lipinski definition) is 5. The van der Waals surface area contributed by atoms with Gasteiger partial charge in [0.25, 0.3) is 11.5 Å². The topological polar surface area (TPSA) is 102 Å². The molecule has 3 aromatic rings. The van der Waals surface area contributed by atoms with Gasteiger partial charge in [0.15, 0.2) is 5.78 Å². The zero-order chi connectivity index (χ0) is 21.1. The minimum absolute atomic E-state index is 0.0585. The fourth-order valence-corrected chi connectivity index (χ4v) is 3.76. The van der Waals surface area contributed by atoms with E-state index in [0.29, 0.717) is 41.1 Å². The Morgan fingerprint density at radius 1 is 1.20 bits per heavy atom. The molecule has 1 saturated heterocycles. The molecule has 8 heteroatoms. The summed E-state index contributed by atoms with van der Waals surface area (Å²) in [5, 5.41) is 0.544. The van der Waals surface area contributed by atoms with Gasteiger partial charge in [-0.15, -0.1) is 0 Å². The van der Waals surface area contributed by atoms with Crippen molar-refractivity contribution in [2.24, 2.45) is 0 Å². The summed E-state index contributed by atoms with van der Waals surface area (Å²) in [6, 6.07) is 8.81. The number of likely N-dealkylation sites (N-methyl/N-ethyl adjacent to an activating group) is 1. The van der Waals surface area contributed by atoms with Crippen LogP contribution in [0.4, 0.5) is 0 Å². The van der Waals surface area contributed by atoms with E-state index in [4.69, 9.17) is 0 Å². The summed E-state index contributed by atoms with van der Waals surface area (Å²) >= 11 is 0. The van der Waals surface area contributed by atoms with Crippen molar-refractivity contribution >= 4 is 22.6 Å². The second kappa shape index (κ2) is 8.62. The van der Waals surface area contributed by atoms with E-state index in [9.17, 15) is 14.4 Å². The second-order valence-corrected chi connectivity index (χ2v) is 7.56. The second-order valence-electron chi connectivity index (χ2n) is 7.56. The molecule has 1 aromatic carbocycles. The van der Waals surface area contributed by atoms with Gasteiger partial charge in [-0.05, 0) is 37.6 Å². The van der Waals surface area contributed by atoms with Crippen LogP contribution in [-0.4, -0.2) is 62.6 Å². The van der Waals surface area contributed by atoms with Crippen molar-refractivity contribution < 1.29 is 9.59 Å². The number of ketones is 1. The Kier molecular flexibility index (Phi) is 5.76. The number of amides is 1. The Hall–Kier alpha value is -3.26. The van der Waals surface area contributed by atoms with Crippen molar-refractivity contribution in [2.45, 2.75) is 26.3 Å². The fraction of sp³-hybridized carbons (Fsp3) is 0.364. The van der Waals surface area contributed by atoms with Crippen molar-refractivity contribution in [3.63, 3.8) is 0 Å². The van der Waals surface area contributed by atoms with E-state index in [2.05, 4.69) is 15.0 Å². The summed E-state index contributed by atoms with van der Waals surface area (Å²) < 4.78 is 0. The minimum atomic E-state index is -0.186. The number of aromatic amines is 2. The first-order valence-corrected chi connectivity index (χ1v) is 10.3. The largest absolute Gasteiger partial charge is 0.356 e. The highest BCUT2D eigenvalue weighted by molar-refractivity contribution is 6.01. The van der Waals surface area contributed by atoms with Crippen LogP contribution in [0, 0.1) is 0 Å². The molecule has 30 heavy (non-hydrogen) atoms. The standard InChI is InChI=1S/C22H25N5O3/c1-2-26(14-20-24-17-8-4-3-7-16(17)21(29)25-20)13-19(28)15-11-18(23-12-15)22(30)27-9-5-6-10-27/h3-4,7-8,11-12,23H,2,5-6,9-10,13-14H2,1H3,(H,24,25,29). The molecule has 1 aliphatic rings. The number of carbonyl (C=O) groups excluding carboxylic acids is 2. The van der Waals surface area contributed by atoms with Gasteiger partial charge in [0, 0.05) is 24.8 Å². The monoisotopic (exact) mass is 407 g/mol. The first kappa shape index (κ1) is 20.0. The lowest BCUT2D eigenvalue weighted by Crippen LogP contribution is -2.31. The number of aromatic nitrogens is 3. The van der Waals surface area contributed by atoms with Crippen molar-refractivity contribution in [1.82, 2.24) is 24.8 Å². The molecule has 156 valence electrons. The number of benzene rings is 1. The molecule has 1 fully saturated rings. The SMILES string of the molecule is CCN(CC(=O)c1c[nH]c(C(=O)N2CCCC2)c1)Cc1nc2ccccc2c(=O)[nH]1. The lowest BCUT2D eigenvalue weighted by Gasteiger charge is -2.18. The zero-order valence-corrected chi connectivity index (χ0v) is 17.0. The summed E-state index contributed by atoms with van der Waals surface area (Å²) in [7, 11) is 0. The number of fused-ring (bicyclic) bond motifs is 1. The number of Topliss-reactive ketones (excluding diaryl/α,β-unsaturated/α-hetero) is 1. The summed E-state index contributed by atoms with van der Waals surface area (Å²) in [5.74, 6) is 0.376. The van der Waals surface area contributed by atoms with Gasteiger partial charge in [-0.2, -0.15) is 0 Å². The van der Waals surface area contributed by atoms with Crippen LogP contribution < -0.4 is 5.56 Å². The molecular formula is C22H25N5O3. The maximum atomic E-state index is 12.8. The van der Waals surface area contributed by atoms with Crippen LogP contribution in [0.3, 0.4) is 0 Å². The zero-order valence-electron chi connectivity index (χ0n) is 17.0. The number of rotatable bonds is 7. The van der Waals surface area contributed by atoms with Crippen molar-refractivity contribution in [3.8, 4) is 0 Å². The van der Waals surface area contributed by atoms with Gasteiger partial charge < -0.3 is 14.9 Å². The third-order valence-electron chi connectivity index (χ3n) is 5.48. The Bertz CT molecular complexity index is 1130. The lowest BCUT2D eigenvalue weighted by molar-refractivity contribution is 0.0787. The van der Waals surface area contributed by atoms with Crippen molar-refractivity contribution in [1.29, 1.82) is 0 Å². The average Bonchev–Trinajstić information content (AvgIpc) is 3.45. The first-order chi connectivity index (χ1) is 14.5. The maximum absolute atomic E-state index is 12.8. The van der Waals surface area contributed by atoms with Gasteiger partial charge in [0.2, 0.25) is 0 Å². The van der Waals surface area contributed by atoms with Gasteiger partial charge in [-0.25, -0.2) is 4.98 Å². The van der Waals surface area contributed by atoms with E-state index >= 15 is 0 Å². The molecule has 0 aliphatic carbocycles. The first-order valence-electron chi connectivity index (χ1n) is 10.3. The quantitative estimate of drug-likeness (QED) is 0.585. The summed E-state index contributed by atoms with van der Waals surface area (Å²) in [6.45, 7) is 4.62. The highest BCUT2D eigenvalue weighted by Gasteiger charge is 2.22. The molecule has 0 radical (unpaired) electrons.